The average molecular weight is 234 g/mol. The molecule has 0 bridgehead atoms. The Kier molecular flexibility index (Phi) is 2.91. The number of halogens is 1. The third-order valence-corrected chi connectivity index (χ3v) is 2.33. The van der Waals surface area contributed by atoms with E-state index in [0.717, 1.165) is 0 Å². The van der Waals surface area contributed by atoms with E-state index in [1.165, 1.54) is 12.1 Å². The van der Waals surface area contributed by atoms with Crippen LogP contribution >= 0.6 is 0 Å². The maximum absolute atomic E-state index is 12.7. The minimum Gasteiger partial charge on any atom is -0.441 e. The summed E-state index contributed by atoms with van der Waals surface area (Å²) < 4.78 is 18.1. The fraction of sp³-hybridized carbons (Fsp3) is 0.167. The van der Waals surface area contributed by atoms with E-state index in [1.54, 1.807) is 19.1 Å². The Balaban J connectivity index is 2.34. The molecule has 1 aromatic carbocycles. The largest absolute Gasteiger partial charge is 0.441 e. The van der Waals surface area contributed by atoms with Crippen molar-refractivity contribution < 1.29 is 13.6 Å². The Morgan fingerprint density at radius 1 is 1.41 bits per heavy atom. The number of hydrogen-bond acceptors (Lipinski definition) is 3. The Labute approximate surface area is 97.3 Å². The summed E-state index contributed by atoms with van der Waals surface area (Å²) in [6, 6.07) is 5.77. The van der Waals surface area contributed by atoms with Gasteiger partial charge in [-0.05, 0) is 31.2 Å². The molecule has 0 spiro atoms. The molecule has 2 rings (SSSR count). The van der Waals surface area contributed by atoms with E-state index in [2.05, 4.69) is 4.98 Å². The molecule has 4 nitrogen and oxygen atoms in total. The highest BCUT2D eigenvalue weighted by Crippen LogP contribution is 2.22. The molecule has 0 aliphatic heterocycles. The lowest BCUT2D eigenvalue weighted by atomic mass is 10.2. The SMILES string of the molecule is Cc1oc(-c2ccc(F)cc2)nc1CC(N)=O. The van der Waals surface area contributed by atoms with Crippen LogP contribution in [-0.4, -0.2) is 10.9 Å². The lowest BCUT2D eigenvalue weighted by Crippen LogP contribution is -2.14. The van der Waals surface area contributed by atoms with Gasteiger partial charge in [0.25, 0.3) is 0 Å². The normalized spacial score (nSPS) is 10.5. The topological polar surface area (TPSA) is 69.1 Å². The molecule has 0 radical (unpaired) electrons. The summed E-state index contributed by atoms with van der Waals surface area (Å²) in [5.41, 5.74) is 6.26. The van der Waals surface area contributed by atoms with Gasteiger partial charge in [-0.1, -0.05) is 0 Å². The van der Waals surface area contributed by atoms with Crippen molar-refractivity contribution >= 4 is 5.91 Å². The average Bonchev–Trinajstić information content (AvgIpc) is 2.60. The summed E-state index contributed by atoms with van der Waals surface area (Å²) in [5, 5.41) is 0. The smallest absolute Gasteiger partial charge is 0.226 e. The van der Waals surface area contributed by atoms with Crippen LogP contribution in [0.2, 0.25) is 0 Å². The number of primary amides is 1. The third-order valence-electron chi connectivity index (χ3n) is 2.33. The van der Waals surface area contributed by atoms with Gasteiger partial charge in [0.1, 0.15) is 11.6 Å². The first kappa shape index (κ1) is 11.3. The van der Waals surface area contributed by atoms with Crippen LogP contribution < -0.4 is 5.73 Å². The minimum absolute atomic E-state index is 0.0382. The van der Waals surface area contributed by atoms with Crippen molar-refractivity contribution in [3.63, 3.8) is 0 Å². The standard InChI is InChI=1S/C12H11FN2O2/c1-7-10(6-11(14)16)15-12(17-7)8-2-4-9(13)5-3-8/h2-5H,6H2,1H3,(H2,14,16). The second-order valence-corrected chi connectivity index (χ2v) is 3.67. The number of amides is 1. The molecule has 2 aromatic rings. The van der Waals surface area contributed by atoms with Gasteiger partial charge in [-0.25, -0.2) is 9.37 Å². The second-order valence-electron chi connectivity index (χ2n) is 3.67. The number of nitrogens with two attached hydrogens (primary N) is 1. The Morgan fingerprint density at radius 2 is 2.06 bits per heavy atom. The van der Waals surface area contributed by atoms with E-state index in [0.29, 0.717) is 22.9 Å². The number of aryl methyl sites for hydroxylation is 1. The van der Waals surface area contributed by atoms with Crippen molar-refractivity contribution in [1.29, 1.82) is 0 Å². The van der Waals surface area contributed by atoms with Gasteiger partial charge in [0.2, 0.25) is 11.8 Å². The van der Waals surface area contributed by atoms with Gasteiger partial charge < -0.3 is 10.2 Å². The molecule has 0 aliphatic rings. The van der Waals surface area contributed by atoms with Crippen LogP contribution in [0.25, 0.3) is 11.5 Å². The second kappa shape index (κ2) is 4.37. The van der Waals surface area contributed by atoms with Gasteiger partial charge in [0.15, 0.2) is 0 Å². The number of hydrogen-bond donors (Lipinski definition) is 1. The third kappa shape index (κ3) is 2.50. The Bertz CT molecular complexity index is 546. The highest BCUT2D eigenvalue weighted by Gasteiger charge is 2.13. The van der Waals surface area contributed by atoms with E-state index in [4.69, 9.17) is 10.2 Å². The van der Waals surface area contributed by atoms with Crippen LogP contribution in [0.15, 0.2) is 28.7 Å². The summed E-state index contributed by atoms with van der Waals surface area (Å²) in [6.07, 6.45) is 0.0382. The molecule has 88 valence electrons. The fourth-order valence-electron chi connectivity index (χ4n) is 1.47. The van der Waals surface area contributed by atoms with Crippen molar-refractivity contribution in [2.45, 2.75) is 13.3 Å². The number of nitrogens with zero attached hydrogens (tertiary/aromatic N) is 1. The fourth-order valence-corrected chi connectivity index (χ4v) is 1.47. The Hall–Kier alpha value is -2.17. The van der Waals surface area contributed by atoms with E-state index < -0.39 is 5.91 Å². The highest BCUT2D eigenvalue weighted by molar-refractivity contribution is 5.76. The molecule has 17 heavy (non-hydrogen) atoms. The molecule has 1 heterocycles. The van der Waals surface area contributed by atoms with Gasteiger partial charge in [-0.2, -0.15) is 0 Å². The summed E-state index contributed by atoms with van der Waals surface area (Å²) in [4.78, 5) is 15.0. The van der Waals surface area contributed by atoms with E-state index in [9.17, 15) is 9.18 Å². The molecule has 0 unspecified atom stereocenters. The van der Waals surface area contributed by atoms with Crippen LogP contribution in [-0.2, 0) is 11.2 Å². The quantitative estimate of drug-likeness (QED) is 0.880. The van der Waals surface area contributed by atoms with Crippen molar-refractivity contribution in [3.8, 4) is 11.5 Å². The number of carbonyl (C=O) groups is 1. The molecule has 1 aromatic heterocycles. The molecule has 0 saturated heterocycles. The van der Waals surface area contributed by atoms with Gasteiger partial charge in [0, 0.05) is 5.56 Å². The predicted octanol–water partition coefficient (Wildman–Crippen LogP) is 1.82. The molecule has 2 N–H and O–H groups in total. The zero-order valence-electron chi connectivity index (χ0n) is 9.24. The van der Waals surface area contributed by atoms with Crippen LogP contribution in [0.3, 0.4) is 0 Å². The lowest BCUT2D eigenvalue weighted by Gasteiger charge is -1.93. The summed E-state index contributed by atoms with van der Waals surface area (Å²) in [7, 11) is 0. The summed E-state index contributed by atoms with van der Waals surface area (Å²) in [5.74, 6) is 0.114. The van der Waals surface area contributed by atoms with E-state index in [1.807, 2.05) is 0 Å². The van der Waals surface area contributed by atoms with Crippen LogP contribution in [0.4, 0.5) is 4.39 Å². The number of rotatable bonds is 3. The van der Waals surface area contributed by atoms with Crippen molar-refractivity contribution in [1.82, 2.24) is 4.98 Å². The monoisotopic (exact) mass is 234 g/mol. The molecular formula is C12H11FN2O2. The van der Waals surface area contributed by atoms with Crippen molar-refractivity contribution in [2.24, 2.45) is 5.73 Å². The highest BCUT2D eigenvalue weighted by atomic mass is 19.1. The van der Waals surface area contributed by atoms with Crippen molar-refractivity contribution in [3.05, 3.63) is 41.5 Å². The Morgan fingerprint density at radius 3 is 2.65 bits per heavy atom. The maximum Gasteiger partial charge on any atom is 0.226 e. The number of carbonyl (C=O) groups excluding carboxylic acids is 1. The number of oxazole rings is 1. The van der Waals surface area contributed by atoms with Crippen molar-refractivity contribution in [2.75, 3.05) is 0 Å². The maximum atomic E-state index is 12.7. The van der Waals surface area contributed by atoms with Crippen LogP contribution in [0.1, 0.15) is 11.5 Å². The minimum atomic E-state index is -0.466. The molecule has 0 fully saturated rings. The van der Waals surface area contributed by atoms with Crippen LogP contribution in [0.5, 0.6) is 0 Å². The molecule has 1 amide bonds. The zero-order chi connectivity index (χ0) is 12.4. The molecule has 0 saturated carbocycles. The van der Waals surface area contributed by atoms with Gasteiger partial charge in [0.05, 0.1) is 12.1 Å². The predicted molar refractivity (Wildman–Crippen MR) is 59.5 cm³/mol. The van der Waals surface area contributed by atoms with Gasteiger partial charge >= 0.3 is 0 Å². The van der Waals surface area contributed by atoms with Gasteiger partial charge in [-0.15, -0.1) is 0 Å². The summed E-state index contributed by atoms with van der Waals surface area (Å²) in [6.45, 7) is 1.71. The van der Waals surface area contributed by atoms with Gasteiger partial charge in [-0.3, -0.25) is 4.79 Å². The first-order chi connectivity index (χ1) is 8.06. The number of aromatic nitrogens is 1. The number of benzene rings is 1. The molecule has 0 atom stereocenters. The van der Waals surface area contributed by atoms with E-state index in [-0.39, 0.29) is 12.2 Å². The lowest BCUT2D eigenvalue weighted by molar-refractivity contribution is -0.117. The van der Waals surface area contributed by atoms with Crippen LogP contribution in [0, 0.1) is 12.7 Å². The first-order valence-electron chi connectivity index (χ1n) is 5.07. The summed E-state index contributed by atoms with van der Waals surface area (Å²) >= 11 is 0. The molecule has 0 aliphatic carbocycles. The first-order valence-corrected chi connectivity index (χ1v) is 5.07. The molecule has 5 heteroatoms. The molecular weight excluding hydrogens is 223 g/mol. The van der Waals surface area contributed by atoms with E-state index >= 15 is 0 Å². The zero-order valence-corrected chi connectivity index (χ0v) is 9.24.